The Morgan fingerprint density at radius 2 is 2.07 bits per heavy atom. The van der Waals surface area contributed by atoms with Crippen molar-refractivity contribution in [2.75, 3.05) is 0 Å². The Labute approximate surface area is 89.0 Å². The summed E-state index contributed by atoms with van der Waals surface area (Å²) in [6.07, 6.45) is 4.79. The summed E-state index contributed by atoms with van der Waals surface area (Å²) < 4.78 is 1.87. The lowest BCUT2D eigenvalue weighted by atomic mass is 10.1. The van der Waals surface area contributed by atoms with Crippen molar-refractivity contribution in [3.63, 3.8) is 0 Å². The lowest BCUT2D eigenvalue weighted by Crippen LogP contribution is -2.06. The standard InChI is InChI=1S/C12H14N2O/c1-10-2-4-11(5-3-10)12(15)8-14-7-6-13-9-14/h2-7,9,12,15H,8H2,1H3. The number of aromatic nitrogens is 2. The molecule has 0 bridgehead atoms. The molecule has 0 saturated heterocycles. The van der Waals surface area contributed by atoms with Crippen molar-refractivity contribution < 1.29 is 5.11 Å². The molecule has 0 aliphatic heterocycles. The predicted molar refractivity (Wildman–Crippen MR) is 58.4 cm³/mol. The largest absolute Gasteiger partial charge is 0.387 e. The highest BCUT2D eigenvalue weighted by Crippen LogP contribution is 2.15. The van der Waals surface area contributed by atoms with E-state index in [9.17, 15) is 5.11 Å². The van der Waals surface area contributed by atoms with Crippen molar-refractivity contribution in [1.82, 2.24) is 9.55 Å². The predicted octanol–water partition coefficient (Wildman–Crippen LogP) is 1.93. The van der Waals surface area contributed by atoms with Crippen LogP contribution in [0.5, 0.6) is 0 Å². The smallest absolute Gasteiger partial charge is 0.0969 e. The molecular formula is C12H14N2O. The van der Waals surface area contributed by atoms with E-state index in [4.69, 9.17) is 0 Å². The molecule has 0 amide bonds. The van der Waals surface area contributed by atoms with Crippen molar-refractivity contribution in [3.05, 3.63) is 54.1 Å². The molecule has 3 heteroatoms. The fraction of sp³-hybridized carbons (Fsp3) is 0.250. The minimum Gasteiger partial charge on any atom is -0.387 e. The number of hydrogen-bond acceptors (Lipinski definition) is 2. The lowest BCUT2D eigenvalue weighted by molar-refractivity contribution is 0.156. The molecule has 0 saturated carbocycles. The minimum atomic E-state index is -0.472. The Balaban J connectivity index is 2.08. The zero-order valence-electron chi connectivity index (χ0n) is 8.67. The summed E-state index contributed by atoms with van der Waals surface area (Å²) in [5.41, 5.74) is 2.14. The Bertz CT molecular complexity index is 406. The van der Waals surface area contributed by atoms with Crippen LogP contribution in [0.25, 0.3) is 0 Å². The van der Waals surface area contributed by atoms with Gasteiger partial charge < -0.3 is 9.67 Å². The Morgan fingerprint density at radius 3 is 2.67 bits per heavy atom. The summed E-state index contributed by atoms with van der Waals surface area (Å²) in [7, 11) is 0. The number of aliphatic hydroxyl groups excluding tert-OH is 1. The number of aliphatic hydroxyl groups is 1. The van der Waals surface area contributed by atoms with E-state index in [1.54, 1.807) is 12.5 Å². The first kappa shape index (κ1) is 9.93. The van der Waals surface area contributed by atoms with E-state index in [0.29, 0.717) is 6.54 Å². The van der Waals surface area contributed by atoms with E-state index in [1.165, 1.54) is 5.56 Å². The lowest BCUT2D eigenvalue weighted by Gasteiger charge is -2.11. The van der Waals surface area contributed by atoms with Gasteiger partial charge in [0.1, 0.15) is 0 Å². The highest BCUT2D eigenvalue weighted by atomic mass is 16.3. The van der Waals surface area contributed by atoms with Gasteiger partial charge in [-0.15, -0.1) is 0 Å². The van der Waals surface area contributed by atoms with Crippen molar-refractivity contribution in [1.29, 1.82) is 0 Å². The molecule has 0 fully saturated rings. The highest BCUT2D eigenvalue weighted by molar-refractivity contribution is 5.22. The fourth-order valence-corrected chi connectivity index (χ4v) is 1.49. The second-order valence-electron chi connectivity index (χ2n) is 3.69. The molecule has 0 spiro atoms. The summed E-state index contributed by atoms with van der Waals surface area (Å²) >= 11 is 0. The van der Waals surface area contributed by atoms with Crippen molar-refractivity contribution >= 4 is 0 Å². The van der Waals surface area contributed by atoms with Gasteiger partial charge in [-0.1, -0.05) is 29.8 Å². The molecule has 15 heavy (non-hydrogen) atoms. The number of benzene rings is 1. The fourth-order valence-electron chi connectivity index (χ4n) is 1.49. The Morgan fingerprint density at radius 1 is 1.33 bits per heavy atom. The van der Waals surface area contributed by atoms with Crippen LogP contribution < -0.4 is 0 Å². The highest BCUT2D eigenvalue weighted by Gasteiger charge is 2.07. The van der Waals surface area contributed by atoms with Crippen LogP contribution >= 0.6 is 0 Å². The maximum atomic E-state index is 9.93. The number of nitrogens with zero attached hydrogens (tertiary/aromatic N) is 2. The van der Waals surface area contributed by atoms with Gasteiger partial charge in [0.15, 0.2) is 0 Å². The Kier molecular flexibility index (Phi) is 2.83. The molecule has 1 N–H and O–H groups in total. The molecule has 1 aromatic carbocycles. The maximum Gasteiger partial charge on any atom is 0.0969 e. The molecule has 0 aliphatic carbocycles. The topological polar surface area (TPSA) is 38.0 Å². The number of aryl methyl sites for hydroxylation is 1. The van der Waals surface area contributed by atoms with Crippen molar-refractivity contribution in [3.8, 4) is 0 Å². The first-order chi connectivity index (χ1) is 7.25. The monoisotopic (exact) mass is 202 g/mol. The first-order valence-corrected chi connectivity index (χ1v) is 4.96. The van der Waals surface area contributed by atoms with E-state index >= 15 is 0 Å². The van der Waals surface area contributed by atoms with Gasteiger partial charge in [0.25, 0.3) is 0 Å². The molecule has 1 heterocycles. The van der Waals surface area contributed by atoms with Crippen LogP contribution in [0.2, 0.25) is 0 Å². The van der Waals surface area contributed by atoms with Crippen LogP contribution in [0.3, 0.4) is 0 Å². The summed E-state index contributed by atoms with van der Waals surface area (Å²) in [5.74, 6) is 0. The molecule has 0 radical (unpaired) electrons. The van der Waals surface area contributed by atoms with E-state index in [2.05, 4.69) is 4.98 Å². The Hall–Kier alpha value is -1.61. The van der Waals surface area contributed by atoms with Gasteiger partial charge >= 0.3 is 0 Å². The van der Waals surface area contributed by atoms with Gasteiger partial charge in [0, 0.05) is 12.4 Å². The summed E-state index contributed by atoms with van der Waals surface area (Å²) in [6.45, 7) is 2.58. The maximum absolute atomic E-state index is 9.93. The van der Waals surface area contributed by atoms with Crippen LogP contribution in [0.1, 0.15) is 17.2 Å². The normalized spacial score (nSPS) is 12.7. The van der Waals surface area contributed by atoms with E-state index < -0.39 is 6.10 Å². The quantitative estimate of drug-likeness (QED) is 0.825. The van der Waals surface area contributed by atoms with Gasteiger partial charge in [0.2, 0.25) is 0 Å². The third-order valence-corrected chi connectivity index (χ3v) is 2.41. The van der Waals surface area contributed by atoms with Crippen LogP contribution in [-0.2, 0) is 6.54 Å². The van der Waals surface area contributed by atoms with Gasteiger partial charge in [-0.3, -0.25) is 0 Å². The molecule has 78 valence electrons. The molecule has 2 rings (SSSR count). The van der Waals surface area contributed by atoms with Gasteiger partial charge in [-0.2, -0.15) is 0 Å². The molecule has 1 unspecified atom stereocenters. The van der Waals surface area contributed by atoms with Crippen LogP contribution in [-0.4, -0.2) is 14.7 Å². The summed E-state index contributed by atoms with van der Waals surface area (Å²) in [5, 5.41) is 9.93. The van der Waals surface area contributed by atoms with Crippen molar-refractivity contribution in [2.45, 2.75) is 19.6 Å². The van der Waals surface area contributed by atoms with E-state index in [-0.39, 0.29) is 0 Å². The molecule has 2 aromatic rings. The number of hydrogen-bond donors (Lipinski definition) is 1. The second kappa shape index (κ2) is 4.28. The summed E-state index contributed by atoms with van der Waals surface area (Å²) in [6, 6.07) is 7.92. The molecule has 1 aromatic heterocycles. The molecule has 1 atom stereocenters. The van der Waals surface area contributed by atoms with Gasteiger partial charge in [-0.05, 0) is 12.5 Å². The van der Waals surface area contributed by atoms with Crippen LogP contribution in [0.15, 0.2) is 43.0 Å². The van der Waals surface area contributed by atoms with E-state index in [0.717, 1.165) is 5.56 Å². The van der Waals surface area contributed by atoms with E-state index in [1.807, 2.05) is 42.0 Å². The molecule has 3 nitrogen and oxygen atoms in total. The molecular weight excluding hydrogens is 188 g/mol. The van der Waals surface area contributed by atoms with Gasteiger partial charge in [0.05, 0.1) is 19.0 Å². The second-order valence-corrected chi connectivity index (χ2v) is 3.69. The van der Waals surface area contributed by atoms with Crippen LogP contribution in [0.4, 0.5) is 0 Å². The number of rotatable bonds is 3. The average Bonchev–Trinajstić information content (AvgIpc) is 2.71. The number of imidazole rings is 1. The summed E-state index contributed by atoms with van der Waals surface area (Å²) in [4.78, 5) is 3.93. The first-order valence-electron chi connectivity index (χ1n) is 4.96. The van der Waals surface area contributed by atoms with Crippen LogP contribution in [0, 0.1) is 6.92 Å². The van der Waals surface area contributed by atoms with Gasteiger partial charge in [-0.25, -0.2) is 4.98 Å². The average molecular weight is 202 g/mol. The SMILES string of the molecule is Cc1ccc(C(O)Cn2ccnc2)cc1. The zero-order valence-corrected chi connectivity index (χ0v) is 8.67. The zero-order chi connectivity index (χ0) is 10.7. The molecule has 0 aliphatic rings. The minimum absolute atomic E-state index is 0.472. The third kappa shape index (κ3) is 2.44. The third-order valence-electron chi connectivity index (χ3n) is 2.41. The van der Waals surface area contributed by atoms with Crippen molar-refractivity contribution in [2.24, 2.45) is 0 Å².